The Hall–Kier alpha value is -1.40. The smallest absolute Gasteiger partial charge is 0.347 e. The van der Waals surface area contributed by atoms with Crippen molar-refractivity contribution in [3.8, 4) is 11.5 Å². The van der Waals surface area contributed by atoms with E-state index in [-0.39, 0.29) is 76.8 Å². The van der Waals surface area contributed by atoms with Crippen LogP contribution in [0.5, 0.6) is 11.5 Å². The SMILES string of the molecule is CC(C)(C)c1cc(C(=O)Oc2c(C(=O)O)cc(C(C)(C)C)cc2C(C)(C)C)c(O)c(C(C)(C)C)c1.[Sn].[Zn]. The van der Waals surface area contributed by atoms with Crippen LogP contribution in [0.15, 0.2) is 24.3 Å². The molecular weight excluding hydrogens is 624 g/mol. The molecule has 0 amide bonds. The maximum Gasteiger partial charge on any atom is 0.347 e. The quantitative estimate of drug-likeness (QED) is 0.207. The van der Waals surface area contributed by atoms with Gasteiger partial charge in [-0.15, -0.1) is 0 Å². The Morgan fingerprint density at radius 2 is 1.03 bits per heavy atom. The summed E-state index contributed by atoms with van der Waals surface area (Å²) in [6, 6.07) is 7.06. The first-order chi connectivity index (χ1) is 15.5. The molecule has 2 aromatic rings. The van der Waals surface area contributed by atoms with Crippen LogP contribution in [0.3, 0.4) is 0 Å². The van der Waals surface area contributed by atoms with E-state index in [2.05, 4.69) is 0 Å². The zero-order valence-corrected chi connectivity index (χ0v) is 30.5. The fourth-order valence-electron chi connectivity index (χ4n) is 3.83. The molecule has 198 valence electrons. The van der Waals surface area contributed by atoms with Crippen LogP contribution in [0.4, 0.5) is 0 Å². The second-order valence-electron chi connectivity index (χ2n) is 13.5. The largest absolute Gasteiger partial charge is 0.507 e. The topological polar surface area (TPSA) is 83.8 Å². The van der Waals surface area contributed by atoms with Gasteiger partial charge in [-0.2, -0.15) is 0 Å². The van der Waals surface area contributed by atoms with Gasteiger partial charge in [-0.1, -0.05) is 95.2 Å². The minimum Gasteiger partial charge on any atom is -0.507 e. The number of hydrogen-bond acceptors (Lipinski definition) is 4. The van der Waals surface area contributed by atoms with Gasteiger partial charge in [0.1, 0.15) is 22.6 Å². The molecule has 0 heterocycles. The summed E-state index contributed by atoms with van der Waals surface area (Å²) in [7, 11) is 0. The van der Waals surface area contributed by atoms with Crippen molar-refractivity contribution in [1.82, 2.24) is 0 Å². The van der Waals surface area contributed by atoms with Crippen molar-refractivity contribution in [1.29, 1.82) is 0 Å². The van der Waals surface area contributed by atoms with E-state index in [0.717, 1.165) is 11.1 Å². The minimum atomic E-state index is -1.17. The van der Waals surface area contributed by atoms with Gasteiger partial charge in [-0.3, -0.25) is 0 Å². The monoisotopic (exact) mass is 666 g/mol. The molecule has 0 atom stereocenters. The zero-order chi connectivity index (χ0) is 27.3. The third kappa shape index (κ3) is 8.29. The Morgan fingerprint density at radius 1 is 0.649 bits per heavy atom. The average molecular weight is 667 g/mol. The first kappa shape index (κ1) is 35.6. The van der Waals surface area contributed by atoms with E-state index in [1.165, 1.54) is 0 Å². The molecule has 4 radical (unpaired) electrons. The number of aromatic hydroxyl groups is 1. The van der Waals surface area contributed by atoms with Crippen molar-refractivity contribution in [2.24, 2.45) is 0 Å². The Balaban J connectivity index is 0.00000648. The number of benzene rings is 2. The maximum absolute atomic E-state index is 13.6. The number of carbonyl (C=O) groups excluding carboxylic acids is 1. The summed E-state index contributed by atoms with van der Waals surface area (Å²) < 4.78 is 5.85. The van der Waals surface area contributed by atoms with E-state index >= 15 is 0 Å². The number of carboxylic acid groups (broad SMARTS) is 1. The molecule has 0 bridgehead atoms. The summed E-state index contributed by atoms with van der Waals surface area (Å²) in [5, 5.41) is 21.1. The minimum absolute atomic E-state index is 0. The van der Waals surface area contributed by atoms with E-state index in [1.807, 2.05) is 95.2 Å². The van der Waals surface area contributed by atoms with Crippen molar-refractivity contribution in [2.45, 2.75) is 105 Å². The molecule has 0 aromatic heterocycles. The summed E-state index contributed by atoms with van der Waals surface area (Å²) >= 11 is 0. The summed E-state index contributed by atoms with van der Waals surface area (Å²) in [5.41, 5.74) is 1.44. The maximum atomic E-state index is 13.6. The van der Waals surface area contributed by atoms with Crippen molar-refractivity contribution in [3.63, 3.8) is 0 Å². The number of hydrogen-bond donors (Lipinski definition) is 2. The van der Waals surface area contributed by atoms with Crippen LogP contribution in [-0.4, -0.2) is 46.1 Å². The van der Waals surface area contributed by atoms with Crippen LogP contribution >= 0.6 is 0 Å². The van der Waals surface area contributed by atoms with Gasteiger partial charge < -0.3 is 14.9 Å². The number of rotatable bonds is 3. The molecule has 0 aliphatic rings. The average Bonchev–Trinajstić information content (AvgIpc) is 2.64. The van der Waals surface area contributed by atoms with Crippen molar-refractivity contribution < 1.29 is 44.0 Å². The second-order valence-corrected chi connectivity index (χ2v) is 13.5. The fraction of sp³-hybridized carbons (Fsp3) is 0.533. The van der Waals surface area contributed by atoms with Crippen LogP contribution in [0.25, 0.3) is 0 Å². The molecule has 0 saturated carbocycles. The van der Waals surface area contributed by atoms with Crippen molar-refractivity contribution in [3.05, 3.63) is 57.6 Å². The molecule has 2 N–H and O–H groups in total. The summed E-state index contributed by atoms with van der Waals surface area (Å²) in [6.07, 6.45) is 0. The predicted molar refractivity (Wildman–Crippen MR) is 147 cm³/mol. The van der Waals surface area contributed by atoms with Gasteiger partial charge in [-0.05, 0) is 44.9 Å². The third-order valence-electron chi connectivity index (χ3n) is 6.19. The number of aromatic carboxylic acids is 1. The van der Waals surface area contributed by atoms with Crippen LogP contribution in [0, 0.1) is 0 Å². The number of carboxylic acids is 1. The number of ether oxygens (including phenoxy) is 1. The number of carbonyl (C=O) groups is 2. The van der Waals surface area contributed by atoms with Crippen LogP contribution in [0.1, 0.15) is 126 Å². The Kier molecular flexibility index (Phi) is 11.3. The van der Waals surface area contributed by atoms with E-state index in [4.69, 9.17) is 4.74 Å². The Labute approximate surface area is 252 Å². The summed E-state index contributed by atoms with van der Waals surface area (Å²) in [5.74, 6) is -2.08. The molecule has 0 spiro atoms. The third-order valence-corrected chi connectivity index (χ3v) is 6.19. The Morgan fingerprint density at radius 3 is 1.38 bits per heavy atom. The zero-order valence-electron chi connectivity index (χ0n) is 24.6. The summed E-state index contributed by atoms with van der Waals surface area (Å²) in [6.45, 7) is 23.9. The van der Waals surface area contributed by atoms with Gasteiger partial charge in [0.25, 0.3) is 0 Å². The van der Waals surface area contributed by atoms with Crippen molar-refractivity contribution in [2.75, 3.05) is 0 Å². The fourth-order valence-corrected chi connectivity index (χ4v) is 3.83. The molecule has 0 aliphatic heterocycles. The number of phenolic OH excluding ortho intramolecular Hbond substituents is 1. The molecule has 5 nitrogen and oxygen atoms in total. The van der Waals surface area contributed by atoms with E-state index in [0.29, 0.717) is 11.1 Å². The molecule has 37 heavy (non-hydrogen) atoms. The van der Waals surface area contributed by atoms with Gasteiger partial charge in [0.15, 0.2) is 0 Å². The Bertz CT molecular complexity index is 1160. The molecule has 0 saturated heterocycles. The van der Waals surface area contributed by atoms with Gasteiger partial charge in [-0.25, -0.2) is 9.59 Å². The molecule has 2 aromatic carbocycles. The van der Waals surface area contributed by atoms with Gasteiger partial charge in [0, 0.05) is 54.5 Å². The van der Waals surface area contributed by atoms with Gasteiger partial charge in [0.2, 0.25) is 0 Å². The molecule has 2 rings (SSSR count). The molecule has 0 unspecified atom stereocenters. The van der Waals surface area contributed by atoms with Crippen LogP contribution in [-0.2, 0) is 41.1 Å². The number of esters is 1. The van der Waals surface area contributed by atoms with Gasteiger partial charge in [0.05, 0.1) is 0 Å². The second kappa shape index (κ2) is 11.8. The molecular formula is C30H42O5SnZn. The molecule has 0 aliphatic carbocycles. The standard InChI is InChI=1S/C30H42O5.Sn.Zn/c1-27(2,3)17-13-19(23(31)21(15-17)29(7,8)9)26(34)35-24-20(25(32)33)14-18(28(4,5)6)16-22(24)30(10,11)12;;/h13-16,31H,1-12H3,(H,32,33);;. The van der Waals surface area contributed by atoms with Crippen LogP contribution < -0.4 is 4.74 Å². The first-order valence-electron chi connectivity index (χ1n) is 12.1. The number of phenols is 1. The molecule has 7 heteroatoms. The van der Waals surface area contributed by atoms with Gasteiger partial charge >= 0.3 is 11.9 Å². The normalized spacial score (nSPS) is 12.3. The van der Waals surface area contributed by atoms with E-state index < -0.39 is 22.8 Å². The first-order valence-corrected chi connectivity index (χ1v) is 12.1. The van der Waals surface area contributed by atoms with Crippen molar-refractivity contribution >= 4 is 35.8 Å². The van der Waals surface area contributed by atoms with Crippen LogP contribution in [0.2, 0.25) is 0 Å². The van der Waals surface area contributed by atoms with E-state index in [9.17, 15) is 19.8 Å². The van der Waals surface area contributed by atoms with E-state index in [1.54, 1.807) is 12.1 Å². The predicted octanol–water partition coefficient (Wildman–Crippen LogP) is 7.12. The molecule has 0 fully saturated rings. The summed E-state index contributed by atoms with van der Waals surface area (Å²) in [4.78, 5) is 25.8.